The van der Waals surface area contributed by atoms with E-state index in [1.807, 2.05) is 37.3 Å². The zero-order valence-electron chi connectivity index (χ0n) is 23.5. The van der Waals surface area contributed by atoms with Crippen molar-refractivity contribution in [2.45, 2.75) is 57.7 Å². The van der Waals surface area contributed by atoms with Crippen LogP contribution in [-0.4, -0.2) is 50.0 Å². The second-order valence-electron chi connectivity index (χ2n) is 10.6. The molecule has 0 aromatic heterocycles. The van der Waals surface area contributed by atoms with Crippen molar-refractivity contribution in [2.24, 2.45) is 0 Å². The van der Waals surface area contributed by atoms with Crippen LogP contribution in [0.3, 0.4) is 0 Å². The van der Waals surface area contributed by atoms with Crippen LogP contribution in [0.5, 0.6) is 0 Å². The van der Waals surface area contributed by atoms with Gasteiger partial charge in [-0.3, -0.25) is 13.9 Å². The molecule has 0 heterocycles. The lowest BCUT2D eigenvalue weighted by Gasteiger charge is -2.34. The average molecular weight is 696 g/mol. The van der Waals surface area contributed by atoms with Gasteiger partial charge in [-0.15, -0.1) is 0 Å². The molecule has 0 radical (unpaired) electrons. The minimum Gasteiger partial charge on any atom is -0.352 e. The number of anilines is 1. The molecule has 1 fully saturated rings. The predicted octanol–water partition coefficient (Wildman–Crippen LogP) is 6.53. The molecule has 42 heavy (non-hydrogen) atoms. The number of carbonyl (C=O) groups is 2. The SMILES string of the molecule is Cc1cc(N(CC(=O)N(Cc2c(Cl)cccc2Cl)[C@@H](Cc2ccccc2)C(=O)NC2CCCC2)S(C)(=O)=O)ccc1Br. The monoisotopic (exact) mass is 693 g/mol. The molecule has 1 N–H and O–H groups in total. The van der Waals surface area contributed by atoms with Crippen LogP contribution in [0.15, 0.2) is 71.2 Å². The molecule has 11 heteroatoms. The third-order valence-corrected chi connectivity index (χ3v) is 10.2. The molecule has 7 nitrogen and oxygen atoms in total. The molecule has 0 unspecified atom stereocenters. The van der Waals surface area contributed by atoms with Crippen molar-refractivity contribution in [3.63, 3.8) is 0 Å². The summed E-state index contributed by atoms with van der Waals surface area (Å²) >= 11 is 16.5. The number of hydrogen-bond donors (Lipinski definition) is 1. The first kappa shape index (κ1) is 32.3. The van der Waals surface area contributed by atoms with Crippen LogP contribution in [0.25, 0.3) is 0 Å². The summed E-state index contributed by atoms with van der Waals surface area (Å²) < 4.78 is 27.9. The Kier molecular flexibility index (Phi) is 11.0. The summed E-state index contributed by atoms with van der Waals surface area (Å²) in [5, 5.41) is 3.83. The van der Waals surface area contributed by atoms with Crippen molar-refractivity contribution in [2.75, 3.05) is 17.1 Å². The lowest BCUT2D eigenvalue weighted by atomic mass is 10.0. The Bertz CT molecular complexity index is 1510. The first-order chi connectivity index (χ1) is 19.9. The third-order valence-electron chi connectivity index (χ3n) is 7.47. The molecule has 0 aliphatic heterocycles. The standard InChI is InChI=1S/C31H34BrCl2N3O4S/c1-21-17-24(15-16-26(21)32)37(42(2,40)41)20-30(38)36(19-25-27(33)13-8-14-28(25)34)29(18-22-9-4-3-5-10-22)31(39)35-23-11-6-7-12-23/h3-5,8-10,13-17,23,29H,6-7,11-12,18-20H2,1-2H3,(H,35,39)/t29-/m0/s1. The van der Waals surface area contributed by atoms with E-state index in [2.05, 4.69) is 21.2 Å². The fraction of sp³-hybridized carbons (Fsp3) is 0.355. The molecule has 224 valence electrons. The van der Waals surface area contributed by atoms with E-state index < -0.39 is 28.5 Å². The van der Waals surface area contributed by atoms with Crippen molar-refractivity contribution < 1.29 is 18.0 Å². The van der Waals surface area contributed by atoms with Crippen LogP contribution in [0.1, 0.15) is 42.4 Å². The Hall–Kier alpha value is -2.59. The van der Waals surface area contributed by atoms with Crippen molar-refractivity contribution >= 4 is 66.7 Å². The predicted molar refractivity (Wildman–Crippen MR) is 172 cm³/mol. The summed E-state index contributed by atoms with van der Waals surface area (Å²) in [6.07, 6.45) is 5.09. The van der Waals surface area contributed by atoms with Crippen LogP contribution in [-0.2, 0) is 32.6 Å². The summed E-state index contributed by atoms with van der Waals surface area (Å²) in [4.78, 5) is 29.6. The van der Waals surface area contributed by atoms with E-state index in [4.69, 9.17) is 23.2 Å². The lowest BCUT2D eigenvalue weighted by molar-refractivity contribution is -0.140. The summed E-state index contributed by atoms with van der Waals surface area (Å²) in [6.45, 7) is 1.25. The third kappa shape index (κ3) is 8.28. The number of amides is 2. The maximum absolute atomic E-state index is 14.3. The van der Waals surface area contributed by atoms with E-state index in [0.717, 1.165) is 51.8 Å². The minimum absolute atomic E-state index is 0.0230. The van der Waals surface area contributed by atoms with Crippen molar-refractivity contribution in [1.29, 1.82) is 0 Å². The van der Waals surface area contributed by atoms with Gasteiger partial charge >= 0.3 is 0 Å². The van der Waals surface area contributed by atoms with Crippen molar-refractivity contribution in [3.8, 4) is 0 Å². The van der Waals surface area contributed by atoms with Gasteiger partial charge in [0.1, 0.15) is 12.6 Å². The fourth-order valence-electron chi connectivity index (χ4n) is 5.17. The van der Waals surface area contributed by atoms with Crippen LogP contribution < -0.4 is 9.62 Å². The molecule has 1 saturated carbocycles. The Balaban J connectivity index is 1.77. The molecule has 3 aromatic rings. The molecule has 0 spiro atoms. The summed E-state index contributed by atoms with van der Waals surface area (Å²) in [5.41, 5.74) is 2.49. The molecular formula is C31H34BrCl2N3O4S. The number of hydrogen-bond acceptors (Lipinski definition) is 4. The van der Waals surface area contributed by atoms with Crippen molar-refractivity contribution in [3.05, 3.63) is 97.9 Å². The number of nitrogens with one attached hydrogen (secondary N) is 1. The molecular weight excluding hydrogens is 661 g/mol. The normalized spacial score (nSPS) is 14.4. The number of benzene rings is 3. The Morgan fingerprint density at radius 3 is 2.24 bits per heavy atom. The molecule has 3 aromatic carbocycles. The number of halogens is 3. The van der Waals surface area contributed by atoms with Gasteiger partial charge in [-0.25, -0.2) is 8.42 Å². The maximum atomic E-state index is 14.3. The highest BCUT2D eigenvalue weighted by Gasteiger charge is 2.35. The highest BCUT2D eigenvalue weighted by Crippen LogP contribution is 2.29. The Morgan fingerprint density at radius 1 is 1.00 bits per heavy atom. The van der Waals surface area contributed by atoms with Gasteiger partial charge in [-0.2, -0.15) is 0 Å². The molecule has 1 aliphatic carbocycles. The largest absolute Gasteiger partial charge is 0.352 e. The van der Waals surface area contributed by atoms with Crippen LogP contribution in [0.2, 0.25) is 10.0 Å². The molecule has 0 saturated heterocycles. The van der Waals surface area contributed by atoms with E-state index in [0.29, 0.717) is 21.3 Å². The second-order valence-corrected chi connectivity index (χ2v) is 14.2. The van der Waals surface area contributed by atoms with Crippen LogP contribution in [0, 0.1) is 6.92 Å². The number of aryl methyl sites for hydroxylation is 1. The first-order valence-corrected chi connectivity index (χ1v) is 17.1. The van der Waals surface area contributed by atoms with E-state index in [1.54, 1.807) is 36.4 Å². The van der Waals surface area contributed by atoms with E-state index in [-0.39, 0.29) is 24.9 Å². The Morgan fingerprint density at radius 2 is 1.64 bits per heavy atom. The van der Waals surface area contributed by atoms with Gasteiger partial charge < -0.3 is 10.2 Å². The van der Waals surface area contributed by atoms with Gasteiger partial charge in [0.25, 0.3) is 0 Å². The second kappa shape index (κ2) is 14.3. The average Bonchev–Trinajstić information content (AvgIpc) is 3.45. The maximum Gasteiger partial charge on any atom is 0.244 e. The van der Waals surface area contributed by atoms with Gasteiger partial charge in [0.2, 0.25) is 21.8 Å². The number of nitrogens with zero attached hydrogens (tertiary/aromatic N) is 2. The van der Waals surface area contributed by atoms with Gasteiger partial charge in [0, 0.05) is 39.1 Å². The minimum atomic E-state index is -3.87. The van der Waals surface area contributed by atoms with Gasteiger partial charge in [-0.05, 0) is 61.2 Å². The molecule has 4 rings (SSSR count). The van der Waals surface area contributed by atoms with Gasteiger partial charge in [-0.1, -0.05) is 88.4 Å². The Labute approximate surface area is 266 Å². The zero-order valence-corrected chi connectivity index (χ0v) is 27.4. The smallest absolute Gasteiger partial charge is 0.244 e. The number of carbonyl (C=O) groups excluding carboxylic acids is 2. The van der Waals surface area contributed by atoms with Gasteiger partial charge in [0.05, 0.1) is 11.9 Å². The fourth-order valence-corrected chi connectivity index (χ4v) is 6.78. The molecule has 1 atom stereocenters. The highest BCUT2D eigenvalue weighted by molar-refractivity contribution is 9.10. The molecule has 2 amide bonds. The van der Waals surface area contributed by atoms with E-state index in [1.165, 1.54) is 4.90 Å². The summed E-state index contributed by atoms with van der Waals surface area (Å²) in [6, 6.07) is 18.6. The first-order valence-electron chi connectivity index (χ1n) is 13.7. The lowest BCUT2D eigenvalue weighted by Crippen LogP contribution is -2.54. The summed E-state index contributed by atoms with van der Waals surface area (Å²) in [7, 11) is -3.87. The quantitative estimate of drug-likeness (QED) is 0.247. The van der Waals surface area contributed by atoms with Crippen LogP contribution in [0.4, 0.5) is 5.69 Å². The van der Waals surface area contributed by atoms with E-state index in [9.17, 15) is 18.0 Å². The van der Waals surface area contributed by atoms with E-state index >= 15 is 0 Å². The molecule has 1 aliphatic rings. The van der Waals surface area contributed by atoms with Gasteiger partial charge in [0.15, 0.2) is 0 Å². The van der Waals surface area contributed by atoms with Crippen molar-refractivity contribution in [1.82, 2.24) is 10.2 Å². The number of sulfonamides is 1. The topological polar surface area (TPSA) is 86.8 Å². The van der Waals surface area contributed by atoms with Crippen LogP contribution >= 0.6 is 39.1 Å². The molecule has 0 bridgehead atoms. The highest BCUT2D eigenvalue weighted by atomic mass is 79.9. The number of rotatable bonds is 11. The zero-order chi connectivity index (χ0) is 30.4. The summed E-state index contributed by atoms with van der Waals surface area (Å²) in [5.74, 6) is -0.854.